The van der Waals surface area contributed by atoms with Crippen LogP contribution in [-0.2, 0) is 16.0 Å². The number of nitrogens with two attached hydrogens (primary N) is 1. The summed E-state index contributed by atoms with van der Waals surface area (Å²) in [6.45, 7) is 4.00. The third-order valence-electron chi connectivity index (χ3n) is 3.64. The maximum Gasteiger partial charge on any atom is 0.0930 e. The van der Waals surface area contributed by atoms with Gasteiger partial charge in [-0.15, -0.1) is 0 Å². The molecule has 2 heterocycles. The zero-order valence-electron chi connectivity index (χ0n) is 11.4. The minimum atomic E-state index is -0.358. The number of nitrogens with zero attached hydrogens (tertiary/aromatic N) is 2. The standard InChI is InChI=1S/C12H21ClN4O2/c1-12(4-3-6-19-12)11(16-14)10-9(13)8-15-17(10)5-7-18-2/h8,11,16H,3-7,14H2,1-2H3. The number of methoxy groups -OCH3 is 1. The summed E-state index contributed by atoms with van der Waals surface area (Å²) in [4.78, 5) is 0. The number of ether oxygens (including phenoxy) is 2. The van der Waals surface area contributed by atoms with Crippen molar-refractivity contribution in [2.75, 3.05) is 20.3 Å². The molecule has 0 aliphatic carbocycles. The molecule has 0 aromatic carbocycles. The van der Waals surface area contributed by atoms with Crippen molar-refractivity contribution in [3.05, 3.63) is 16.9 Å². The minimum absolute atomic E-state index is 0.193. The molecular formula is C12H21ClN4O2. The van der Waals surface area contributed by atoms with Crippen LogP contribution in [0, 0.1) is 0 Å². The zero-order chi connectivity index (χ0) is 13.9. The van der Waals surface area contributed by atoms with Gasteiger partial charge in [-0.2, -0.15) is 5.10 Å². The number of nitrogens with one attached hydrogen (secondary N) is 1. The Hall–Kier alpha value is -0.660. The normalized spacial score (nSPS) is 24.8. The van der Waals surface area contributed by atoms with Crippen molar-refractivity contribution in [2.45, 2.75) is 38.0 Å². The summed E-state index contributed by atoms with van der Waals surface area (Å²) >= 11 is 6.26. The van der Waals surface area contributed by atoms with E-state index in [1.54, 1.807) is 13.3 Å². The molecule has 1 saturated heterocycles. The number of hydrogen-bond acceptors (Lipinski definition) is 5. The lowest BCUT2D eigenvalue weighted by molar-refractivity contribution is -0.0151. The molecule has 1 aromatic rings. The van der Waals surface area contributed by atoms with Crippen LogP contribution in [0.5, 0.6) is 0 Å². The van der Waals surface area contributed by atoms with Crippen molar-refractivity contribution in [3.63, 3.8) is 0 Å². The predicted octanol–water partition coefficient (Wildman–Crippen LogP) is 1.26. The average molecular weight is 289 g/mol. The van der Waals surface area contributed by atoms with Crippen LogP contribution < -0.4 is 11.3 Å². The molecule has 0 saturated carbocycles. The Morgan fingerprint density at radius 1 is 1.74 bits per heavy atom. The third-order valence-corrected chi connectivity index (χ3v) is 3.93. The van der Waals surface area contributed by atoms with E-state index in [-0.39, 0.29) is 11.6 Å². The van der Waals surface area contributed by atoms with Crippen LogP contribution in [-0.4, -0.2) is 35.7 Å². The van der Waals surface area contributed by atoms with E-state index in [4.69, 9.17) is 26.9 Å². The molecule has 7 heteroatoms. The number of aromatic nitrogens is 2. The van der Waals surface area contributed by atoms with Crippen LogP contribution >= 0.6 is 11.6 Å². The summed E-state index contributed by atoms with van der Waals surface area (Å²) in [5, 5.41) is 4.87. The maximum atomic E-state index is 6.26. The molecule has 1 aliphatic rings. The molecule has 2 rings (SSSR count). The molecule has 2 unspecified atom stereocenters. The van der Waals surface area contributed by atoms with Gasteiger partial charge in [0.05, 0.1) is 41.7 Å². The van der Waals surface area contributed by atoms with Crippen LogP contribution in [0.15, 0.2) is 6.20 Å². The highest BCUT2D eigenvalue weighted by Crippen LogP contribution is 2.39. The van der Waals surface area contributed by atoms with E-state index in [2.05, 4.69) is 17.4 Å². The largest absolute Gasteiger partial charge is 0.383 e. The van der Waals surface area contributed by atoms with E-state index < -0.39 is 0 Å². The second-order valence-corrected chi connectivity index (χ2v) is 5.37. The Bertz CT molecular complexity index is 418. The van der Waals surface area contributed by atoms with Gasteiger partial charge in [0.2, 0.25) is 0 Å². The van der Waals surface area contributed by atoms with E-state index in [0.717, 1.165) is 25.1 Å². The van der Waals surface area contributed by atoms with Crippen LogP contribution in [0.3, 0.4) is 0 Å². The van der Waals surface area contributed by atoms with E-state index >= 15 is 0 Å². The lowest BCUT2D eigenvalue weighted by Gasteiger charge is -2.33. The third kappa shape index (κ3) is 2.93. The average Bonchev–Trinajstić information content (AvgIpc) is 2.97. The highest BCUT2D eigenvalue weighted by atomic mass is 35.5. The molecule has 0 radical (unpaired) electrons. The summed E-state index contributed by atoms with van der Waals surface area (Å²) in [7, 11) is 1.66. The number of hydrazine groups is 1. The summed E-state index contributed by atoms with van der Waals surface area (Å²) in [5.74, 6) is 5.73. The smallest absolute Gasteiger partial charge is 0.0930 e. The van der Waals surface area contributed by atoms with E-state index in [0.29, 0.717) is 18.2 Å². The van der Waals surface area contributed by atoms with E-state index in [9.17, 15) is 0 Å². The Kier molecular flexibility index (Phi) is 4.81. The molecule has 1 fully saturated rings. The first-order valence-electron chi connectivity index (χ1n) is 6.42. The molecule has 0 bridgehead atoms. The fourth-order valence-electron chi connectivity index (χ4n) is 2.59. The second kappa shape index (κ2) is 6.19. The molecule has 0 spiro atoms. The van der Waals surface area contributed by atoms with Gasteiger partial charge < -0.3 is 9.47 Å². The first kappa shape index (κ1) is 14.7. The number of halogens is 1. The fourth-order valence-corrected chi connectivity index (χ4v) is 2.84. The van der Waals surface area contributed by atoms with Gasteiger partial charge in [-0.1, -0.05) is 11.6 Å². The zero-order valence-corrected chi connectivity index (χ0v) is 12.1. The molecule has 19 heavy (non-hydrogen) atoms. The van der Waals surface area contributed by atoms with Gasteiger partial charge in [0, 0.05) is 13.7 Å². The Labute approximate surface area is 118 Å². The summed E-state index contributed by atoms with van der Waals surface area (Å²) < 4.78 is 12.8. The quantitative estimate of drug-likeness (QED) is 0.609. The highest BCUT2D eigenvalue weighted by molar-refractivity contribution is 6.31. The first-order chi connectivity index (χ1) is 9.12. The van der Waals surface area contributed by atoms with Gasteiger partial charge in [-0.25, -0.2) is 5.43 Å². The molecule has 1 aromatic heterocycles. The highest BCUT2D eigenvalue weighted by Gasteiger charge is 2.41. The van der Waals surface area contributed by atoms with Gasteiger partial charge in [0.15, 0.2) is 0 Å². The van der Waals surface area contributed by atoms with Crippen molar-refractivity contribution < 1.29 is 9.47 Å². The van der Waals surface area contributed by atoms with E-state index in [1.807, 2.05) is 4.68 Å². The minimum Gasteiger partial charge on any atom is -0.383 e. The van der Waals surface area contributed by atoms with Crippen molar-refractivity contribution in [1.82, 2.24) is 15.2 Å². The Balaban J connectivity index is 2.29. The topological polar surface area (TPSA) is 74.3 Å². The van der Waals surface area contributed by atoms with Gasteiger partial charge in [0.25, 0.3) is 0 Å². The van der Waals surface area contributed by atoms with Crippen molar-refractivity contribution in [1.29, 1.82) is 0 Å². The number of hydrogen-bond donors (Lipinski definition) is 2. The SMILES string of the molecule is COCCn1ncc(Cl)c1C(NN)C1(C)CCCO1. The number of rotatable bonds is 6. The molecule has 3 N–H and O–H groups in total. The van der Waals surface area contributed by atoms with Crippen LogP contribution in [0.4, 0.5) is 0 Å². The second-order valence-electron chi connectivity index (χ2n) is 4.96. The monoisotopic (exact) mass is 288 g/mol. The van der Waals surface area contributed by atoms with Crippen molar-refractivity contribution >= 4 is 11.6 Å². The summed E-state index contributed by atoms with van der Waals surface area (Å²) in [5.41, 5.74) is 3.33. The molecule has 2 atom stereocenters. The molecule has 6 nitrogen and oxygen atoms in total. The summed E-state index contributed by atoms with van der Waals surface area (Å²) in [6.07, 6.45) is 3.60. The summed E-state index contributed by atoms with van der Waals surface area (Å²) in [6, 6.07) is -0.193. The lowest BCUT2D eigenvalue weighted by atomic mass is 9.91. The predicted molar refractivity (Wildman–Crippen MR) is 72.8 cm³/mol. The Morgan fingerprint density at radius 2 is 2.53 bits per heavy atom. The van der Waals surface area contributed by atoms with Crippen LogP contribution in [0.2, 0.25) is 5.02 Å². The van der Waals surface area contributed by atoms with Crippen LogP contribution in [0.25, 0.3) is 0 Å². The van der Waals surface area contributed by atoms with Gasteiger partial charge in [-0.05, 0) is 19.8 Å². The van der Waals surface area contributed by atoms with Crippen molar-refractivity contribution in [2.24, 2.45) is 5.84 Å². The van der Waals surface area contributed by atoms with Gasteiger partial charge in [-0.3, -0.25) is 10.5 Å². The van der Waals surface area contributed by atoms with Gasteiger partial charge >= 0.3 is 0 Å². The van der Waals surface area contributed by atoms with Crippen LogP contribution in [0.1, 0.15) is 31.5 Å². The van der Waals surface area contributed by atoms with E-state index in [1.165, 1.54) is 0 Å². The molecule has 108 valence electrons. The molecule has 0 amide bonds. The fraction of sp³-hybridized carbons (Fsp3) is 0.750. The van der Waals surface area contributed by atoms with Gasteiger partial charge in [0.1, 0.15) is 0 Å². The van der Waals surface area contributed by atoms with Crippen molar-refractivity contribution in [3.8, 4) is 0 Å². The molecular weight excluding hydrogens is 268 g/mol. The first-order valence-corrected chi connectivity index (χ1v) is 6.80. The lowest BCUT2D eigenvalue weighted by Crippen LogP contribution is -2.45. The molecule has 1 aliphatic heterocycles. The maximum absolute atomic E-state index is 6.26. The Morgan fingerprint density at radius 3 is 3.11 bits per heavy atom.